The van der Waals surface area contributed by atoms with E-state index >= 15 is 0 Å². The van der Waals surface area contributed by atoms with Crippen LogP contribution in [-0.2, 0) is 0 Å². The van der Waals surface area contributed by atoms with Gasteiger partial charge in [0.05, 0.1) is 18.8 Å². The maximum atomic E-state index is 9.21. The highest BCUT2D eigenvalue weighted by atomic mass is 16.5. The molecule has 2 unspecified atom stereocenters. The fraction of sp³-hybridized carbons (Fsp3) is 0.538. The second-order valence-electron chi connectivity index (χ2n) is 3.92. The first-order chi connectivity index (χ1) is 7.61. The summed E-state index contributed by atoms with van der Waals surface area (Å²) in [6, 6.07) is 7.52. The van der Waals surface area contributed by atoms with Crippen molar-refractivity contribution >= 4 is 0 Å². The Labute approximate surface area is 97.0 Å². The summed E-state index contributed by atoms with van der Waals surface area (Å²) >= 11 is 0. The van der Waals surface area contributed by atoms with Crippen LogP contribution in [0.25, 0.3) is 0 Å². The van der Waals surface area contributed by atoms with Crippen molar-refractivity contribution in [1.82, 2.24) is 0 Å². The van der Waals surface area contributed by atoms with E-state index in [-0.39, 0.29) is 12.2 Å². The third kappa shape index (κ3) is 4.53. The van der Waals surface area contributed by atoms with Gasteiger partial charge in [-0.2, -0.15) is 0 Å². The lowest BCUT2D eigenvalue weighted by Crippen LogP contribution is -2.18. The van der Waals surface area contributed by atoms with Crippen LogP contribution in [0.1, 0.15) is 27.2 Å². The molecule has 0 fully saturated rings. The maximum absolute atomic E-state index is 9.21. The molecule has 0 heterocycles. The molecular weight excluding hydrogens is 204 g/mol. The number of aliphatic hydroxyl groups excluding tert-OH is 1. The minimum Gasteiger partial charge on any atom is -0.494 e. The molecule has 0 spiro atoms. The molecule has 0 aliphatic rings. The van der Waals surface area contributed by atoms with Crippen LogP contribution in [0.5, 0.6) is 11.5 Å². The van der Waals surface area contributed by atoms with Crippen molar-refractivity contribution in [3.05, 3.63) is 24.3 Å². The van der Waals surface area contributed by atoms with E-state index < -0.39 is 0 Å². The number of ether oxygens (including phenoxy) is 2. The molecule has 0 bridgehead atoms. The minimum absolute atomic E-state index is 0.0120. The number of hydrogen-bond acceptors (Lipinski definition) is 3. The third-order valence-electron chi connectivity index (χ3n) is 2.15. The molecule has 0 saturated heterocycles. The highest BCUT2D eigenvalue weighted by Crippen LogP contribution is 2.19. The Morgan fingerprint density at radius 3 is 2.19 bits per heavy atom. The molecule has 1 aromatic rings. The van der Waals surface area contributed by atoms with Gasteiger partial charge in [-0.3, -0.25) is 0 Å². The van der Waals surface area contributed by atoms with Gasteiger partial charge in [0.1, 0.15) is 11.5 Å². The van der Waals surface area contributed by atoms with E-state index in [1.54, 1.807) is 6.92 Å². The lowest BCUT2D eigenvalue weighted by Gasteiger charge is -2.16. The maximum Gasteiger partial charge on any atom is 0.119 e. The first kappa shape index (κ1) is 12.8. The second-order valence-corrected chi connectivity index (χ2v) is 3.92. The summed E-state index contributed by atoms with van der Waals surface area (Å²) in [6.07, 6.45) is 0.309. The SMILES string of the molecule is CCOc1ccc(OC(C)CC(C)O)cc1. The average Bonchev–Trinajstić information content (AvgIpc) is 2.20. The van der Waals surface area contributed by atoms with Gasteiger partial charge in [0.25, 0.3) is 0 Å². The van der Waals surface area contributed by atoms with Crippen molar-refractivity contribution in [1.29, 1.82) is 0 Å². The molecule has 1 aromatic carbocycles. The molecule has 0 aromatic heterocycles. The van der Waals surface area contributed by atoms with E-state index in [1.807, 2.05) is 38.1 Å². The predicted molar refractivity (Wildman–Crippen MR) is 64.0 cm³/mol. The summed E-state index contributed by atoms with van der Waals surface area (Å²) in [5.41, 5.74) is 0. The first-order valence-corrected chi connectivity index (χ1v) is 5.69. The van der Waals surface area contributed by atoms with Gasteiger partial charge in [-0.1, -0.05) is 0 Å². The van der Waals surface area contributed by atoms with Crippen LogP contribution in [0.2, 0.25) is 0 Å². The normalized spacial score (nSPS) is 14.2. The standard InChI is InChI=1S/C13H20O3/c1-4-15-12-5-7-13(8-6-12)16-11(3)9-10(2)14/h5-8,10-11,14H,4,9H2,1-3H3. The molecule has 0 amide bonds. The predicted octanol–water partition coefficient (Wildman–Crippen LogP) is 2.62. The molecule has 0 aliphatic heterocycles. The van der Waals surface area contributed by atoms with Crippen molar-refractivity contribution in [3.63, 3.8) is 0 Å². The van der Waals surface area contributed by atoms with Gasteiger partial charge in [-0.15, -0.1) is 0 Å². The van der Waals surface area contributed by atoms with Gasteiger partial charge >= 0.3 is 0 Å². The van der Waals surface area contributed by atoms with E-state index in [9.17, 15) is 5.11 Å². The Bertz CT molecular complexity index is 293. The van der Waals surface area contributed by atoms with Crippen LogP contribution >= 0.6 is 0 Å². The second kappa shape index (κ2) is 6.38. The Hall–Kier alpha value is -1.22. The van der Waals surface area contributed by atoms with E-state index in [4.69, 9.17) is 9.47 Å². The van der Waals surface area contributed by atoms with Gasteiger partial charge in [0, 0.05) is 6.42 Å². The van der Waals surface area contributed by atoms with Crippen molar-refractivity contribution in [2.45, 2.75) is 39.4 Å². The Morgan fingerprint density at radius 2 is 1.69 bits per heavy atom. The molecule has 1 N–H and O–H groups in total. The van der Waals surface area contributed by atoms with Crippen LogP contribution in [0, 0.1) is 0 Å². The van der Waals surface area contributed by atoms with E-state index in [2.05, 4.69) is 0 Å². The molecule has 1 rings (SSSR count). The quantitative estimate of drug-likeness (QED) is 0.807. The van der Waals surface area contributed by atoms with Crippen molar-refractivity contribution in [2.24, 2.45) is 0 Å². The summed E-state index contributed by atoms with van der Waals surface area (Å²) in [7, 11) is 0. The topological polar surface area (TPSA) is 38.7 Å². The fourth-order valence-corrected chi connectivity index (χ4v) is 1.54. The zero-order chi connectivity index (χ0) is 12.0. The third-order valence-corrected chi connectivity index (χ3v) is 2.15. The Morgan fingerprint density at radius 1 is 1.12 bits per heavy atom. The van der Waals surface area contributed by atoms with E-state index in [0.29, 0.717) is 13.0 Å². The number of aliphatic hydroxyl groups is 1. The highest BCUT2D eigenvalue weighted by Gasteiger charge is 2.07. The Balaban J connectivity index is 2.48. The summed E-state index contributed by atoms with van der Waals surface area (Å²) in [5.74, 6) is 1.65. The summed E-state index contributed by atoms with van der Waals surface area (Å²) < 4.78 is 11.0. The zero-order valence-electron chi connectivity index (χ0n) is 10.1. The highest BCUT2D eigenvalue weighted by molar-refractivity contribution is 5.31. The summed E-state index contributed by atoms with van der Waals surface area (Å²) in [6.45, 7) is 6.33. The molecule has 3 nitrogen and oxygen atoms in total. The molecule has 0 radical (unpaired) electrons. The van der Waals surface area contributed by atoms with Gasteiger partial charge in [0.15, 0.2) is 0 Å². The van der Waals surface area contributed by atoms with E-state index in [0.717, 1.165) is 11.5 Å². The van der Waals surface area contributed by atoms with Crippen LogP contribution in [-0.4, -0.2) is 23.9 Å². The molecular formula is C13H20O3. The number of benzene rings is 1. The molecule has 2 atom stereocenters. The molecule has 90 valence electrons. The number of hydrogen-bond donors (Lipinski definition) is 1. The lowest BCUT2D eigenvalue weighted by atomic mass is 10.2. The first-order valence-electron chi connectivity index (χ1n) is 5.69. The van der Waals surface area contributed by atoms with Crippen LogP contribution < -0.4 is 9.47 Å². The molecule has 0 aliphatic carbocycles. The number of rotatable bonds is 6. The van der Waals surface area contributed by atoms with Gasteiger partial charge in [-0.25, -0.2) is 0 Å². The van der Waals surface area contributed by atoms with Crippen LogP contribution in [0.3, 0.4) is 0 Å². The summed E-state index contributed by atoms with van der Waals surface area (Å²) in [4.78, 5) is 0. The van der Waals surface area contributed by atoms with E-state index in [1.165, 1.54) is 0 Å². The monoisotopic (exact) mass is 224 g/mol. The molecule has 0 saturated carbocycles. The minimum atomic E-state index is -0.335. The Kier molecular flexibility index (Phi) is 5.12. The van der Waals surface area contributed by atoms with Gasteiger partial charge < -0.3 is 14.6 Å². The van der Waals surface area contributed by atoms with Crippen molar-refractivity contribution < 1.29 is 14.6 Å². The van der Waals surface area contributed by atoms with Gasteiger partial charge in [0.2, 0.25) is 0 Å². The molecule has 3 heteroatoms. The summed E-state index contributed by atoms with van der Waals surface area (Å²) in [5, 5.41) is 9.21. The zero-order valence-corrected chi connectivity index (χ0v) is 10.1. The van der Waals surface area contributed by atoms with Crippen molar-refractivity contribution in [3.8, 4) is 11.5 Å². The van der Waals surface area contributed by atoms with Gasteiger partial charge in [-0.05, 0) is 45.0 Å². The van der Waals surface area contributed by atoms with Crippen molar-refractivity contribution in [2.75, 3.05) is 6.61 Å². The van der Waals surface area contributed by atoms with Crippen LogP contribution in [0.4, 0.5) is 0 Å². The fourth-order valence-electron chi connectivity index (χ4n) is 1.54. The van der Waals surface area contributed by atoms with Crippen LogP contribution in [0.15, 0.2) is 24.3 Å². The average molecular weight is 224 g/mol. The largest absolute Gasteiger partial charge is 0.494 e. The smallest absolute Gasteiger partial charge is 0.119 e. The molecule has 16 heavy (non-hydrogen) atoms. The lowest BCUT2D eigenvalue weighted by molar-refractivity contribution is 0.115.